The number of likely N-dealkylation sites (tertiary alicyclic amines) is 1. The predicted molar refractivity (Wildman–Crippen MR) is 117 cm³/mol. The van der Waals surface area contributed by atoms with E-state index >= 15 is 0 Å². The van der Waals surface area contributed by atoms with Crippen LogP contribution in [0.2, 0.25) is 0 Å². The lowest BCUT2D eigenvalue weighted by Crippen LogP contribution is -2.39. The fraction of sp³-hybridized carbons (Fsp3) is 0.458. The molecular weight excluding hydrogens is 362 g/mol. The minimum absolute atomic E-state index is 0.194. The third kappa shape index (κ3) is 4.25. The number of aryl methyl sites for hydroxylation is 2. The Kier molecular flexibility index (Phi) is 5.76. The second kappa shape index (κ2) is 8.46. The second-order valence-corrected chi connectivity index (χ2v) is 8.19. The van der Waals surface area contributed by atoms with Crippen molar-refractivity contribution in [3.05, 3.63) is 58.7 Å². The van der Waals surface area contributed by atoms with E-state index in [0.29, 0.717) is 19.1 Å². The van der Waals surface area contributed by atoms with Crippen LogP contribution in [0.5, 0.6) is 11.5 Å². The van der Waals surface area contributed by atoms with E-state index in [1.807, 2.05) is 13.0 Å². The molecule has 5 heteroatoms. The summed E-state index contributed by atoms with van der Waals surface area (Å²) in [6, 6.07) is 13.0. The second-order valence-electron chi connectivity index (χ2n) is 8.19. The first kappa shape index (κ1) is 19.8. The fourth-order valence-electron chi connectivity index (χ4n) is 4.23. The lowest BCUT2D eigenvalue weighted by atomic mass is 9.86. The lowest BCUT2D eigenvalue weighted by Gasteiger charge is -2.31. The molecule has 2 aromatic carbocycles. The van der Waals surface area contributed by atoms with Crippen molar-refractivity contribution in [1.82, 2.24) is 10.3 Å². The van der Waals surface area contributed by atoms with Crippen molar-refractivity contribution in [2.24, 2.45) is 11.0 Å². The maximum atomic E-state index is 6.17. The van der Waals surface area contributed by atoms with Gasteiger partial charge in [-0.05, 0) is 56.6 Å². The third-order valence-electron chi connectivity index (χ3n) is 5.95. The maximum absolute atomic E-state index is 6.17. The molecule has 0 aromatic heterocycles. The van der Waals surface area contributed by atoms with Crippen molar-refractivity contribution >= 4 is 5.71 Å². The van der Waals surface area contributed by atoms with E-state index in [-0.39, 0.29) is 6.04 Å². The first-order valence-corrected chi connectivity index (χ1v) is 10.5. The van der Waals surface area contributed by atoms with Gasteiger partial charge >= 0.3 is 0 Å². The first-order chi connectivity index (χ1) is 14.0. The molecule has 2 aromatic rings. The van der Waals surface area contributed by atoms with Gasteiger partial charge in [0.2, 0.25) is 0 Å². The maximum Gasteiger partial charge on any atom is 0.161 e. The monoisotopic (exact) mass is 393 g/mol. The zero-order valence-corrected chi connectivity index (χ0v) is 17.9. The molecule has 0 spiro atoms. The molecule has 29 heavy (non-hydrogen) atoms. The van der Waals surface area contributed by atoms with Gasteiger partial charge in [-0.3, -0.25) is 0 Å². The molecule has 2 atom stereocenters. The smallest absolute Gasteiger partial charge is 0.161 e. The van der Waals surface area contributed by atoms with Crippen molar-refractivity contribution in [3.8, 4) is 11.5 Å². The number of nitrogens with zero attached hydrogens (tertiary/aromatic N) is 2. The highest BCUT2D eigenvalue weighted by atomic mass is 16.5. The van der Waals surface area contributed by atoms with E-state index in [0.717, 1.165) is 31.0 Å². The van der Waals surface area contributed by atoms with Crippen molar-refractivity contribution in [3.63, 3.8) is 0 Å². The molecular formula is C24H31N3O2. The number of rotatable bonds is 6. The molecule has 0 saturated carbocycles. The van der Waals surface area contributed by atoms with Crippen LogP contribution < -0.4 is 14.9 Å². The van der Waals surface area contributed by atoms with Gasteiger partial charge in [-0.2, -0.15) is 5.10 Å². The van der Waals surface area contributed by atoms with Gasteiger partial charge < -0.3 is 19.8 Å². The molecule has 2 aliphatic heterocycles. The average Bonchev–Trinajstić information content (AvgIpc) is 3.12. The molecule has 154 valence electrons. The van der Waals surface area contributed by atoms with Crippen molar-refractivity contribution in [2.75, 3.05) is 26.7 Å². The molecule has 4 rings (SSSR count). The van der Waals surface area contributed by atoms with E-state index in [4.69, 9.17) is 9.47 Å². The van der Waals surface area contributed by atoms with Crippen molar-refractivity contribution in [2.45, 2.75) is 39.8 Å². The quantitative estimate of drug-likeness (QED) is 0.798. The Hall–Kier alpha value is -2.53. The molecule has 1 N–H and O–H groups in total. The summed E-state index contributed by atoms with van der Waals surface area (Å²) in [6.07, 6.45) is 1.04. The highest BCUT2D eigenvalue weighted by Crippen LogP contribution is 2.37. The van der Waals surface area contributed by atoms with E-state index in [1.165, 1.54) is 28.0 Å². The summed E-state index contributed by atoms with van der Waals surface area (Å²) >= 11 is 0. The number of fused-ring (bicyclic) bond motifs is 1. The van der Waals surface area contributed by atoms with E-state index in [9.17, 15) is 0 Å². The van der Waals surface area contributed by atoms with Crippen LogP contribution in [-0.4, -0.2) is 37.4 Å². The fourth-order valence-corrected chi connectivity index (χ4v) is 4.23. The summed E-state index contributed by atoms with van der Waals surface area (Å²) in [5.74, 6) is 2.01. The number of hydrogen-bond donors (Lipinski definition) is 1. The third-order valence-corrected chi connectivity index (χ3v) is 5.95. The Morgan fingerprint density at radius 3 is 2.79 bits per heavy atom. The summed E-state index contributed by atoms with van der Waals surface area (Å²) in [4.78, 5) is 2.38. The molecule has 0 amide bonds. The van der Waals surface area contributed by atoms with Crippen LogP contribution in [0.4, 0.5) is 0 Å². The average molecular weight is 394 g/mol. The van der Waals surface area contributed by atoms with Crippen molar-refractivity contribution < 1.29 is 9.47 Å². The number of benzene rings is 2. The molecule has 2 unspecified atom stereocenters. The largest absolute Gasteiger partial charge is 0.490 e. The van der Waals surface area contributed by atoms with Gasteiger partial charge in [0, 0.05) is 31.1 Å². The number of hydrazone groups is 1. The Balaban J connectivity index is 1.53. The van der Waals surface area contributed by atoms with E-state index in [1.54, 1.807) is 0 Å². The number of nitrogens with one attached hydrogen (secondary N) is 1. The van der Waals surface area contributed by atoms with E-state index < -0.39 is 0 Å². The van der Waals surface area contributed by atoms with Crippen LogP contribution >= 0.6 is 0 Å². The zero-order chi connectivity index (χ0) is 20.4. The van der Waals surface area contributed by atoms with Gasteiger partial charge in [-0.15, -0.1) is 0 Å². The van der Waals surface area contributed by atoms with Gasteiger partial charge in [0.05, 0.1) is 12.6 Å². The molecule has 2 heterocycles. The summed E-state index contributed by atoms with van der Waals surface area (Å²) < 4.78 is 12.1. The van der Waals surface area contributed by atoms with Crippen molar-refractivity contribution in [1.29, 1.82) is 0 Å². The molecule has 2 aliphatic rings. The lowest BCUT2D eigenvalue weighted by molar-refractivity contribution is 0.264. The Labute approximate surface area is 173 Å². The first-order valence-electron chi connectivity index (χ1n) is 10.5. The Morgan fingerprint density at radius 1 is 1.10 bits per heavy atom. The van der Waals surface area contributed by atoms with Gasteiger partial charge in [0.15, 0.2) is 11.5 Å². The van der Waals surface area contributed by atoms with Gasteiger partial charge in [-0.1, -0.05) is 29.8 Å². The number of ether oxygens (including phenoxy) is 2. The number of hydrogen-bond acceptors (Lipinski definition) is 5. The van der Waals surface area contributed by atoms with E-state index in [2.05, 4.69) is 66.7 Å². The predicted octanol–water partition coefficient (Wildman–Crippen LogP) is 4.23. The Bertz CT molecular complexity index is 909. The van der Waals surface area contributed by atoms with Crippen LogP contribution in [0, 0.1) is 19.8 Å². The van der Waals surface area contributed by atoms with Crippen LogP contribution in [0.1, 0.15) is 41.6 Å². The topological polar surface area (TPSA) is 46.1 Å². The number of piperidine rings is 1. The molecule has 1 saturated heterocycles. The van der Waals surface area contributed by atoms with Gasteiger partial charge in [-0.25, -0.2) is 0 Å². The highest BCUT2D eigenvalue weighted by molar-refractivity contribution is 5.89. The van der Waals surface area contributed by atoms with Gasteiger partial charge in [0.25, 0.3) is 0 Å². The zero-order valence-electron chi connectivity index (χ0n) is 17.9. The van der Waals surface area contributed by atoms with Crippen LogP contribution in [-0.2, 0) is 6.61 Å². The van der Waals surface area contributed by atoms with Crippen LogP contribution in [0.3, 0.4) is 0 Å². The summed E-state index contributed by atoms with van der Waals surface area (Å²) in [6.45, 7) is 9.49. The minimum Gasteiger partial charge on any atom is -0.490 e. The SMILES string of the molecule is CCOc1cc(C2NN=C3CCN(C)CC32)ccc1OCc1cc(C)ccc1C. The standard InChI is InChI=1S/C24H31N3O2/c1-5-28-23-13-18(24-20-14-27(4)11-10-21(20)25-26-24)8-9-22(23)29-15-19-12-16(2)6-7-17(19)3/h6-9,12-13,20,24,26H,5,10-11,14-15H2,1-4H3. The normalized spacial score (nSPS) is 21.3. The minimum atomic E-state index is 0.194. The molecule has 5 nitrogen and oxygen atoms in total. The summed E-state index contributed by atoms with van der Waals surface area (Å²) in [5, 5.41) is 4.61. The molecule has 0 bridgehead atoms. The molecule has 1 fully saturated rings. The Morgan fingerprint density at radius 2 is 1.97 bits per heavy atom. The summed E-state index contributed by atoms with van der Waals surface area (Å²) in [7, 11) is 2.18. The van der Waals surface area contributed by atoms with Crippen LogP contribution in [0.25, 0.3) is 0 Å². The molecule has 0 radical (unpaired) electrons. The van der Waals surface area contributed by atoms with Gasteiger partial charge in [0.1, 0.15) is 6.61 Å². The van der Waals surface area contributed by atoms with Crippen LogP contribution in [0.15, 0.2) is 41.5 Å². The summed E-state index contributed by atoms with van der Waals surface area (Å²) in [5.41, 5.74) is 9.55. The highest BCUT2D eigenvalue weighted by Gasteiger charge is 2.36. The molecule has 0 aliphatic carbocycles.